The van der Waals surface area contributed by atoms with Crippen LogP contribution >= 0.6 is 0 Å². The van der Waals surface area contributed by atoms with Gasteiger partial charge in [-0.3, -0.25) is 9.59 Å². The SMILES string of the molecule is Cc1oc(-c2cc(C(=O)NCc3ccccc3)c(C)o2)cc1C(=O)NCc1ccccc1. The van der Waals surface area contributed by atoms with Crippen LogP contribution in [0.25, 0.3) is 11.5 Å². The van der Waals surface area contributed by atoms with Crippen molar-refractivity contribution in [3.63, 3.8) is 0 Å². The van der Waals surface area contributed by atoms with Crippen LogP contribution in [0.2, 0.25) is 0 Å². The summed E-state index contributed by atoms with van der Waals surface area (Å²) in [5.41, 5.74) is 2.88. The molecule has 2 amide bonds. The normalized spacial score (nSPS) is 10.7. The fourth-order valence-corrected chi connectivity index (χ4v) is 3.40. The van der Waals surface area contributed by atoms with Crippen molar-refractivity contribution in [3.8, 4) is 11.5 Å². The second-order valence-electron chi connectivity index (χ2n) is 7.50. The Balaban J connectivity index is 1.45. The van der Waals surface area contributed by atoms with Crippen LogP contribution in [-0.2, 0) is 13.1 Å². The van der Waals surface area contributed by atoms with Crippen molar-refractivity contribution in [3.05, 3.63) is 107 Å². The molecule has 2 aromatic carbocycles. The molecule has 0 saturated heterocycles. The molecule has 0 unspecified atom stereocenters. The molecule has 0 atom stereocenters. The van der Waals surface area contributed by atoms with Crippen molar-refractivity contribution in [1.82, 2.24) is 10.6 Å². The van der Waals surface area contributed by atoms with E-state index in [-0.39, 0.29) is 11.8 Å². The topological polar surface area (TPSA) is 84.5 Å². The first-order chi connectivity index (χ1) is 15.5. The monoisotopic (exact) mass is 428 g/mol. The summed E-state index contributed by atoms with van der Waals surface area (Å²) in [7, 11) is 0. The Labute approximate surface area is 186 Å². The third-order valence-electron chi connectivity index (χ3n) is 5.16. The first kappa shape index (κ1) is 21.2. The van der Waals surface area contributed by atoms with E-state index in [1.54, 1.807) is 26.0 Å². The molecule has 0 fully saturated rings. The number of furan rings is 2. The van der Waals surface area contributed by atoms with Gasteiger partial charge in [-0.25, -0.2) is 0 Å². The number of amides is 2. The lowest BCUT2D eigenvalue weighted by Crippen LogP contribution is -2.22. The molecule has 32 heavy (non-hydrogen) atoms. The van der Waals surface area contributed by atoms with Gasteiger partial charge in [0, 0.05) is 25.2 Å². The zero-order valence-electron chi connectivity index (χ0n) is 18.0. The third-order valence-corrected chi connectivity index (χ3v) is 5.16. The summed E-state index contributed by atoms with van der Waals surface area (Å²) in [5.74, 6) is 1.30. The highest BCUT2D eigenvalue weighted by molar-refractivity contribution is 5.97. The number of aryl methyl sites for hydroxylation is 2. The van der Waals surface area contributed by atoms with Crippen LogP contribution in [-0.4, -0.2) is 11.8 Å². The highest BCUT2D eigenvalue weighted by Crippen LogP contribution is 2.29. The van der Waals surface area contributed by atoms with Gasteiger partial charge in [0.25, 0.3) is 11.8 Å². The van der Waals surface area contributed by atoms with E-state index in [2.05, 4.69) is 10.6 Å². The van der Waals surface area contributed by atoms with Gasteiger partial charge in [-0.2, -0.15) is 0 Å². The maximum Gasteiger partial charge on any atom is 0.255 e. The summed E-state index contributed by atoms with van der Waals surface area (Å²) in [5, 5.41) is 5.79. The molecular formula is C26H24N2O4. The number of hydrogen-bond donors (Lipinski definition) is 2. The van der Waals surface area contributed by atoms with Gasteiger partial charge in [-0.05, 0) is 25.0 Å². The summed E-state index contributed by atoms with van der Waals surface area (Å²) >= 11 is 0. The van der Waals surface area contributed by atoms with Gasteiger partial charge in [0.2, 0.25) is 0 Å². The summed E-state index contributed by atoms with van der Waals surface area (Å²) in [6, 6.07) is 22.6. The predicted octanol–water partition coefficient (Wildman–Crippen LogP) is 5.02. The van der Waals surface area contributed by atoms with E-state index in [9.17, 15) is 9.59 Å². The van der Waals surface area contributed by atoms with Gasteiger partial charge >= 0.3 is 0 Å². The van der Waals surface area contributed by atoms with E-state index in [1.165, 1.54) is 0 Å². The smallest absolute Gasteiger partial charge is 0.255 e. The van der Waals surface area contributed by atoms with Gasteiger partial charge in [0.1, 0.15) is 11.5 Å². The number of nitrogens with one attached hydrogen (secondary N) is 2. The molecule has 2 heterocycles. The van der Waals surface area contributed by atoms with Gasteiger partial charge < -0.3 is 19.5 Å². The Hall–Kier alpha value is -4.06. The van der Waals surface area contributed by atoms with Crippen LogP contribution in [0.4, 0.5) is 0 Å². The molecule has 2 N–H and O–H groups in total. The standard InChI is InChI=1S/C26H24N2O4/c1-17-21(25(29)27-15-19-9-5-3-6-10-19)13-23(31-17)24-14-22(18(2)32-24)26(30)28-16-20-11-7-4-8-12-20/h3-14H,15-16H2,1-2H3,(H,27,29)(H,28,30). The average Bonchev–Trinajstić information content (AvgIpc) is 3.40. The zero-order valence-corrected chi connectivity index (χ0v) is 18.0. The Kier molecular flexibility index (Phi) is 6.22. The summed E-state index contributed by atoms with van der Waals surface area (Å²) in [6.45, 7) is 4.30. The van der Waals surface area contributed by atoms with E-state index in [4.69, 9.17) is 8.83 Å². The van der Waals surface area contributed by atoms with Crippen molar-refractivity contribution in [2.45, 2.75) is 26.9 Å². The van der Waals surface area contributed by atoms with Crippen molar-refractivity contribution >= 4 is 11.8 Å². The van der Waals surface area contributed by atoms with Crippen molar-refractivity contribution in [2.75, 3.05) is 0 Å². The van der Waals surface area contributed by atoms with Crippen LogP contribution in [0.3, 0.4) is 0 Å². The minimum atomic E-state index is -0.231. The lowest BCUT2D eigenvalue weighted by molar-refractivity contribution is 0.0941. The molecule has 0 aliphatic rings. The fraction of sp³-hybridized carbons (Fsp3) is 0.154. The second kappa shape index (κ2) is 9.39. The fourth-order valence-electron chi connectivity index (χ4n) is 3.40. The van der Waals surface area contributed by atoms with Gasteiger partial charge in [-0.15, -0.1) is 0 Å². The third kappa shape index (κ3) is 4.81. The van der Waals surface area contributed by atoms with Gasteiger partial charge in [0.05, 0.1) is 11.1 Å². The zero-order chi connectivity index (χ0) is 22.5. The van der Waals surface area contributed by atoms with E-state index in [0.717, 1.165) is 11.1 Å². The Morgan fingerprint density at radius 2 is 1.03 bits per heavy atom. The Bertz CT molecular complexity index is 1130. The minimum Gasteiger partial charge on any atom is -0.457 e. The van der Waals surface area contributed by atoms with Crippen LogP contribution in [0.1, 0.15) is 43.4 Å². The lowest BCUT2D eigenvalue weighted by Gasteiger charge is -2.03. The molecule has 6 heteroatoms. The summed E-state index contributed by atoms with van der Waals surface area (Å²) in [4.78, 5) is 25.2. The average molecular weight is 428 g/mol. The Morgan fingerprint density at radius 1 is 0.656 bits per heavy atom. The largest absolute Gasteiger partial charge is 0.457 e. The van der Waals surface area contributed by atoms with E-state index in [1.807, 2.05) is 60.7 Å². The number of rotatable bonds is 7. The van der Waals surface area contributed by atoms with E-state index < -0.39 is 0 Å². The van der Waals surface area contributed by atoms with Crippen molar-refractivity contribution in [2.24, 2.45) is 0 Å². The van der Waals surface area contributed by atoms with Gasteiger partial charge in [-0.1, -0.05) is 60.7 Å². The second-order valence-corrected chi connectivity index (χ2v) is 7.50. The van der Waals surface area contributed by atoms with Crippen LogP contribution in [0.5, 0.6) is 0 Å². The molecule has 0 aliphatic carbocycles. The summed E-state index contributed by atoms with van der Waals surface area (Å²) < 4.78 is 11.5. The highest BCUT2D eigenvalue weighted by Gasteiger charge is 2.21. The lowest BCUT2D eigenvalue weighted by atomic mass is 10.2. The molecule has 6 nitrogen and oxygen atoms in total. The highest BCUT2D eigenvalue weighted by atomic mass is 16.4. The van der Waals surface area contributed by atoms with Gasteiger partial charge in [0.15, 0.2) is 11.5 Å². The number of benzene rings is 2. The molecule has 4 aromatic rings. The van der Waals surface area contributed by atoms with E-state index >= 15 is 0 Å². The Morgan fingerprint density at radius 3 is 1.41 bits per heavy atom. The predicted molar refractivity (Wildman–Crippen MR) is 121 cm³/mol. The number of carbonyl (C=O) groups is 2. The number of carbonyl (C=O) groups excluding carboxylic acids is 2. The molecule has 0 spiro atoms. The maximum atomic E-state index is 12.6. The molecule has 0 bridgehead atoms. The maximum absolute atomic E-state index is 12.6. The minimum absolute atomic E-state index is 0.231. The molecule has 0 aliphatic heterocycles. The molecule has 162 valence electrons. The first-order valence-corrected chi connectivity index (χ1v) is 10.4. The summed E-state index contributed by atoms with van der Waals surface area (Å²) in [6.07, 6.45) is 0. The molecular weight excluding hydrogens is 404 g/mol. The van der Waals surface area contributed by atoms with Crippen molar-refractivity contribution < 1.29 is 18.4 Å². The molecule has 2 aromatic heterocycles. The number of hydrogen-bond acceptors (Lipinski definition) is 4. The molecule has 0 radical (unpaired) electrons. The van der Waals surface area contributed by atoms with Crippen LogP contribution in [0, 0.1) is 13.8 Å². The van der Waals surface area contributed by atoms with Crippen molar-refractivity contribution in [1.29, 1.82) is 0 Å². The van der Waals surface area contributed by atoms with Crippen LogP contribution < -0.4 is 10.6 Å². The molecule has 4 rings (SSSR count). The first-order valence-electron chi connectivity index (χ1n) is 10.4. The van der Waals surface area contributed by atoms with E-state index in [0.29, 0.717) is 47.3 Å². The quantitative estimate of drug-likeness (QED) is 0.433. The van der Waals surface area contributed by atoms with Crippen LogP contribution in [0.15, 0.2) is 81.6 Å². The molecule has 0 saturated carbocycles.